The molecule has 0 fully saturated rings. The van der Waals surface area contributed by atoms with Gasteiger partial charge in [-0.2, -0.15) is 0 Å². The summed E-state index contributed by atoms with van der Waals surface area (Å²) in [6.45, 7) is 9.63. The van der Waals surface area contributed by atoms with Gasteiger partial charge in [0, 0.05) is 54.0 Å². The van der Waals surface area contributed by atoms with Crippen molar-refractivity contribution < 1.29 is 14.6 Å². The van der Waals surface area contributed by atoms with Crippen molar-refractivity contribution in [1.82, 2.24) is 15.2 Å². The Morgan fingerprint density at radius 1 is 1.21 bits per heavy atom. The summed E-state index contributed by atoms with van der Waals surface area (Å²) in [6.07, 6.45) is 7.85. The van der Waals surface area contributed by atoms with Crippen LogP contribution in [0, 0.1) is 6.92 Å². The molecule has 0 amide bonds. The Hall–Kier alpha value is -3.25. The normalized spacial score (nSPS) is 13.9. The first kappa shape index (κ1) is 25.4. The number of nitrogens with one attached hydrogen (secondary N) is 2. The quantitative estimate of drug-likeness (QED) is 0.397. The smallest absolute Gasteiger partial charge is 0.335 e. The molecule has 182 valence electrons. The Balaban J connectivity index is 0.000000302. The average molecular weight is 464 g/mol. The molecule has 0 saturated heterocycles. The highest BCUT2D eigenvalue weighted by molar-refractivity contribution is 5.88. The summed E-state index contributed by atoms with van der Waals surface area (Å²) in [5, 5.41) is 13.4. The van der Waals surface area contributed by atoms with Crippen molar-refractivity contribution in [3.8, 4) is 5.75 Å². The topological polar surface area (TPSA) is 77.6 Å². The molecular formula is C28H37N3O3. The lowest BCUT2D eigenvalue weighted by Crippen LogP contribution is -2.35. The molecule has 0 atom stereocenters. The van der Waals surface area contributed by atoms with E-state index in [0.717, 1.165) is 31.8 Å². The molecule has 0 bridgehead atoms. The van der Waals surface area contributed by atoms with E-state index in [1.807, 2.05) is 6.20 Å². The second-order valence-corrected chi connectivity index (χ2v) is 8.68. The van der Waals surface area contributed by atoms with Gasteiger partial charge >= 0.3 is 5.97 Å². The summed E-state index contributed by atoms with van der Waals surface area (Å²) in [6, 6.07) is 13.2. The number of aryl methyl sites for hydroxylation is 1. The van der Waals surface area contributed by atoms with Crippen LogP contribution in [-0.2, 0) is 6.54 Å². The summed E-state index contributed by atoms with van der Waals surface area (Å²) in [5.41, 5.74) is 5.48. The number of aromatic carboxylic acids is 1. The van der Waals surface area contributed by atoms with Crippen molar-refractivity contribution in [3.63, 3.8) is 0 Å². The molecule has 0 spiro atoms. The highest BCUT2D eigenvalue weighted by Gasteiger charge is 2.18. The molecule has 2 aromatic carbocycles. The first-order chi connectivity index (χ1) is 16.5. The van der Waals surface area contributed by atoms with Crippen molar-refractivity contribution in [2.45, 2.75) is 52.6 Å². The molecule has 0 radical (unpaired) electrons. The van der Waals surface area contributed by atoms with Gasteiger partial charge in [0.1, 0.15) is 5.75 Å². The third-order valence-electron chi connectivity index (χ3n) is 6.40. The number of carboxylic acid groups (broad SMARTS) is 1. The lowest BCUT2D eigenvalue weighted by molar-refractivity contribution is 0.0697. The van der Waals surface area contributed by atoms with Gasteiger partial charge in [0.2, 0.25) is 0 Å². The Kier molecular flexibility index (Phi) is 9.16. The van der Waals surface area contributed by atoms with E-state index in [4.69, 9.17) is 9.84 Å². The summed E-state index contributed by atoms with van der Waals surface area (Å²) < 4.78 is 5.68. The summed E-state index contributed by atoms with van der Waals surface area (Å²) in [5.74, 6) is 0.116. The number of aromatic amines is 1. The van der Waals surface area contributed by atoms with Gasteiger partial charge < -0.3 is 20.1 Å². The highest BCUT2D eigenvalue weighted by Crippen LogP contribution is 2.32. The molecule has 1 aliphatic heterocycles. The molecule has 34 heavy (non-hydrogen) atoms. The first-order valence-electron chi connectivity index (χ1n) is 12.1. The maximum absolute atomic E-state index is 10.2. The number of hydrogen-bond donors (Lipinski definition) is 3. The fourth-order valence-corrected chi connectivity index (χ4v) is 4.33. The second kappa shape index (κ2) is 12.3. The maximum Gasteiger partial charge on any atom is 0.335 e. The highest BCUT2D eigenvalue weighted by atomic mass is 16.5. The Bertz CT molecular complexity index is 1100. The Morgan fingerprint density at radius 3 is 2.50 bits per heavy atom. The van der Waals surface area contributed by atoms with Crippen molar-refractivity contribution in [1.29, 1.82) is 0 Å². The number of fused-ring (bicyclic) bond motifs is 1. The van der Waals surface area contributed by atoms with Gasteiger partial charge in [0.25, 0.3) is 0 Å². The number of carbonyl (C=O) groups is 1. The first-order valence-corrected chi connectivity index (χ1v) is 12.1. The van der Waals surface area contributed by atoms with Gasteiger partial charge in [0.15, 0.2) is 0 Å². The van der Waals surface area contributed by atoms with Crippen molar-refractivity contribution in [2.24, 2.45) is 0 Å². The van der Waals surface area contributed by atoms with E-state index >= 15 is 0 Å². The molecule has 6 heteroatoms. The summed E-state index contributed by atoms with van der Waals surface area (Å²) in [4.78, 5) is 16.1. The van der Waals surface area contributed by atoms with E-state index < -0.39 is 5.97 Å². The van der Waals surface area contributed by atoms with Crippen LogP contribution in [0.2, 0.25) is 0 Å². The SMILES string of the molecule is CCC(CC)NC1=CCN(Cc2c(OC)cc(C)c3[nH]ccc23)CC1.O=C(O)c1ccccc1. The number of ether oxygens (including phenoxy) is 1. The van der Waals surface area contributed by atoms with Crippen LogP contribution in [0.25, 0.3) is 10.9 Å². The van der Waals surface area contributed by atoms with E-state index in [1.165, 1.54) is 40.6 Å². The van der Waals surface area contributed by atoms with Crippen LogP contribution < -0.4 is 10.1 Å². The van der Waals surface area contributed by atoms with Crippen molar-refractivity contribution in [2.75, 3.05) is 20.2 Å². The molecule has 3 aromatic rings. The van der Waals surface area contributed by atoms with Gasteiger partial charge in [-0.1, -0.05) is 38.1 Å². The van der Waals surface area contributed by atoms with Crippen LogP contribution in [0.1, 0.15) is 54.6 Å². The largest absolute Gasteiger partial charge is 0.496 e. The fraction of sp³-hybridized carbons (Fsp3) is 0.393. The van der Waals surface area contributed by atoms with E-state index in [9.17, 15) is 4.79 Å². The minimum Gasteiger partial charge on any atom is -0.496 e. The zero-order chi connectivity index (χ0) is 24.5. The van der Waals surface area contributed by atoms with E-state index in [0.29, 0.717) is 11.6 Å². The van der Waals surface area contributed by atoms with Gasteiger partial charge in [-0.15, -0.1) is 0 Å². The zero-order valence-electron chi connectivity index (χ0n) is 20.7. The number of carboxylic acids is 1. The maximum atomic E-state index is 10.2. The minimum absolute atomic E-state index is 0.331. The van der Waals surface area contributed by atoms with Gasteiger partial charge in [-0.05, 0) is 56.0 Å². The molecule has 2 heterocycles. The monoisotopic (exact) mass is 463 g/mol. The standard InChI is InChI=1S/C21H31N3O.C7H6O2/c1-5-16(6-2)23-17-8-11-24(12-9-17)14-19-18-7-10-22-21(18)15(3)13-20(19)25-4;8-7(9)6-4-2-1-3-5-6/h7-8,10,13,16,22-23H,5-6,9,11-12,14H2,1-4H3;1-5H,(H,8,9). The van der Waals surface area contributed by atoms with Gasteiger partial charge in [-0.25, -0.2) is 4.79 Å². The Labute approximate surface area is 202 Å². The van der Waals surface area contributed by atoms with Crippen LogP contribution in [0.3, 0.4) is 0 Å². The predicted octanol–water partition coefficient (Wildman–Crippen LogP) is 5.74. The number of nitrogens with zero attached hydrogens (tertiary/aromatic N) is 1. The number of H-pyrrole nitrogens is 1. The Morgan fingerprint density at radius 2 is 1.94 bits per heavy atom. The van der Waals surface area contributed by atoms with Gasteiger partial charge in [-0.3, -0.25) is 4.90 Å². The van der Waals surface area contributed by atoms with E-state index in [2.05, 4.69) is 54.2 Å². The molecule has 6 nitrogen and oxygen atoms in total. The zero-order valence-corrected chi connectivity index (χ0v) is 20.7. The molecule has 1 aliphatic rings. The number of benzene rings is 2. The predicted molar refractivity (Wildman–Crippen MR) is 138 cm³/mol. The van der Waals surface area contributed by atoms with Crippen LogP contribution in [0.4, 0.5) is 0 Å². The number of aromatic nitrogens is 1. The molecular weight excluding hydrogens is 426 g/mol. The molecule has 0 unspecified atom stereocenters. The fourth-order valence-electron chi connectivity index (χ4n) is 4.33. The van der Waals surface area contributed by atoms with Crippen LogP contribution in [0.5, 0.6) is 5.75 Å². The van der Waals surface area contributed by atoms with Crippen LogP contribution in [-0.4, -0.2) is 47.2 Å². The number of methoxy groups -OCH3 is 1. The lowest BCUT2D eigenvalue weighted by Gasteiger charge is -2.29. The summed E-state index contributed by atoms with van der Waals surface area (Å²) >= 11 is 0. The third kappa shape index (κ3) is 6.41. The van der Waals surface area contributed by atoms with E-state index in [1.54, 1.807) is 37.4 Å². The van der Waals surface area contributed by atoms with Crippen molar-refractivity contribution in [3.05, 3.63) is 77.1 Å². The lowest BCUT2D eigenvalue weighted by atomic mass is 10.0. The molecule has 3 N–H and O–H groups in total. The minimum atomic E-state index is -0.879. The molecule has 0 saturated carbocycles. The molecule has 4 rings (SSSR count). The molecule has 1 aromatic heterocycles. The molecule has 0 aliphatic carbocycles. The number of rotatable bonds is 8. The number of hydrogen-bond acceptors (Lipinski definition) is 4. The second-order valence-electron chi connectivity index (χ2n) is 8.68. The third-order valence-corrected chi connectivity index (χ3v) is 6.40. The summed E-state index contributed by atoms with van der Waals surface area (Å²) in [7, 11) is 1.77. The van der Waals surface area contributed by atoms with E-state index in [-0.39, 0.29) is 0 Å². The average Bonchev–Trinajstić information content (AvgIpc) is 3.37. The van der Waals surface area contributed by atoms with Crippen molar-refractivity contribution >= 4 is 16.9 Å². The van der Waals surface area contributed by atoms with Crippen LogP contribution in [0.15, 0.2) is 60.4 Å². The van der Waals surface area contributed by atoms with Crippen LogP contribution >= 0.6 is 0 Å². The van der Waals surface area contributed by atoms with Gasteiger partial charge in [0.05, 0.1) is 12.7 Å².